The highest BCUT2D eigenvalue weighted by Gasteiger charge is 2.19. The predicted molar refractivity (Wildman–Crippen MR) is 60.4 cm³/mol. The summed E-state index contributed by atoms with van der Waals surface area (Å²) < 4.78 is 5.34. The first-order valence-corrected chi connectivity index (χ1v) is 8.19. The summed E-state index contributed by atoms with van der Waals surface area (Å²) >= 11 is 0. The lowest BCUT2D eigenvalue weighted by Gasteiger charge is -2.10. The summed E-state index contributed by atoms with van der Waals surface area (Å²) in [5.74, 6) is 0. The van der Waals surface area contributed by atoms with Crippen LogP contribution < -0.4 is 0 Å². The van der Waals surface area contributed by atoms with E-state index in [9.17, 15) is 0 Å². The van der Waals surface area contributed by atoms with Gasteiger partial charge in [-0.05, 0) is 25.4 Å². The zero-order valence-corrected chi connectivity index (χ0v) is 10.5. The maximum absolute atomic E-state index is 9.16. The molecule has 0 atom stereocenters. The van der Waals surface area contributed by atoms with E-state index in [1.807, 2.05) is 0 Å². The van der Waals surface area contributed by atoms with Gasteiger partial charge in [-0.2, -0.15) is 0 Å². The highest BCUT2D eigenvalue weighted by molar-refractivity contribution is 6.63. The van der Waals surface area contributed by atoms with Crippen LogP contribution in [0.5, 0.6) is 0 Å². The maximum Gasteiger partial charge on any atom is 0.329 e. The van der Waals surface area contributed by atoms with Crippen LogP contribution in [-0.2, 0) is 4.74 Å². The molecule has 3 nitrogen and oxygen atoms in total. The van der Waals surface area contributed by atoms with Crippen molar-refractivity contribution in [1.29, 1.82) is 0 Å². The number of hydrogen-bond acceptors (Lipinski definition) is 3. The van der Waals surface area contributed by atoms with Crippen molar-refractivity contribution in [3.05, 3.63) is 0 Å². The molecule has 0 bridgehead atoms. The zero-order valence-electron chi connectivity index (χ0n) is 9.46. The molecule has 0 aromatic heterocycles. The molecule has 0 aromatic carbocycles. The monoisotopic (exact) mass is 220 g/mol. The van der Waals surface area contributed by atoms with Crippen molar-refractivity contribution in [2.24, 2.45) is 0 Å². The summed E-state index contributed by atoms with van der Waals surface area (Å²) in [5, 5.41) is 0. The minimum absolute atomic E-state index is 0.600. The van der Waals surface area contributed by atoms with Crippen molar-refractivity contribution in [2.75, 3.05) is 13.2 Å². The van der Waals surface area contributed by atoms with E-state index in [-0.39, 0.29) is 0 Å². The van der Waals surface area contributed by atoms with Gasteiger partial charge in [-0.15, -0.1) is 0 Å². The quantitative estimate of drug-likeness (QED) is 0.462. The molecule has 2 N–H and O–H groups in total. The fraction of sp³-hybridized carbons (Fsp3) is 1.00. The van der Waals surface area contributed by atoms with Crippen molar-refractivity contribution in [2.45, 2.75) is 51.6 Å². The molecule has 0 saturated heterocycles. The molecular weight excluding hydrogens is 196 g/mol. The Bertz CT molecular complexity index is 123. The summed E-state index contributed by atoms with van der Waals surface area (Å²) in [6, 6.07) is 0.600. The molecule has 0 heterocycles. The van der Waals surface area contributed by atoms with Crippen molar-refractivity contribution in [3.63, 3.8) is 0 Å². The van der Waals surface area contributed by atoms with Gasteiger partial charge in [0.25, 0.3) is 0 Å². The summed E-state index contributed by atoms with van der Waals surface area (Å²) in [5.41, 5.74) is 0. The molecular formula is C10H24O3Si. The molecule has 0 rings (SSSR count). The molecule has 0 spiro atoms. The lowest BCUT2D eigenvalue weighted by molar-refractivity contribution is 0.130. The predicted octanol–water partition coefficient (Wildman–Crippen LogP) is 2.03. The minimum Gasteiger partial charge on any atom is -0.411 e. The Morgan fingerprint density at radius 2 is 1.64 bits per heavy atom. The standard InChI is InChI=1S/C10H24O3Si/c1-3-8-13-9-6-4-5-7-10-14(2,11)12/h11-12H,3-10H2,1-2H3. The van der Waals surface area contributed by atoms with E-state index in [1.54, 1.807) is 6.55 Å². The van der Waals surface area contributed by atoms with Gasteiger partial charge in [-0.3, -0.25) is 0 Å². The van der Waals surface area contributed by atoms with Gasteiger partial charge in [0.1, 0.15) is 0 Å². The molecule has 0 aliphatic carbocycles. The van der Waals surface area contributed by atoms with Crippen LogP contribution in [0.3, 0.4) is 0 Å². The number of ether oxygens (including phenoxy) is 1. The minimum atomic E-state index is -2.77. The normalized spacial score (nSPS) is 12.0. The van der Waals surface area contributed by atoms with Gasteiger partial charge >= 0.3 is 8.56 Å². The molecule has 0 fully saturated rings. The lowest BCUT2D eigenvalue weighted by atomic mass is 10.2. The molecule has 0 unspecified atom stereocenters. The molecule has 4 heteroatoms. The van der Waals surface area contributed by atoms with E-state index in [2.05, 4.69) is 6.92 Å². The topological polar surface area (TPSA) is 49.7 Å². The molecule has 14 heavy (non-hydrogen) atoms. The van der Waals surface area contributed by atoms with E-state index in [1.165, 1.54) is 0 Å². The Kier molecular flexibility index (Phi) is 8.47. The third-order valence-electron chi connectivity index (χ3n) is 2.04. The van der Waals surface area contributed by atoms with Crippen LogP contribution in [0.1, 0.15) is 39.0 Å². The highest BCUT2D eigenvalue weighted by Crippen LogP contribution is 2.10. The first-order valence-electron chi connectivity index (χ1n) is 5.59. The molecule has 0 aliphatic rings. The Morgan fingerprint density at radius 3 is 2.21 bits per heavy atom. The Hall–Kier alpha value is 0.0969. The summed E-state index contributed by atoms with van der Waals surface area (Å²) in [6.45, 7) is 5.38. The van der Waals surface area contributed by atoms with E-state index >= 15 is 0 Å². The first kappa shape index (κ1) is 14.1. The SMILES string of the molecule is CCCOCCCCCC[Si](C)(O)O. The van der Waals surface area contributed by atoms with Crippen molar-refractivity contribution < 1.29 is 14.3 Å². The van der Waals surface area contributed by atoms with Crippen molar-refractivity contribution >= 4 is 8.56 Å². The molecule has 0 saturated carbocycles. The third-order valence-corrected chi connectivity index (χ3v) is 3.34. The van der Waals surface area contributed by atoms with Crippen LogP contribution in [0, 0.1) is 0 Å². The van der Waals surface area contributed by atoms with E-state index in [0.717, 1.165) is 45.3 Å². The highest BCUT2D eigenvalue weighted by atomic mass is 28.4. The fourth-order valence-corrected chi connectivity index (χ4v) is 2.18. The Morgan fingerprint density at radius 1 is 1.00 bits per heavy atom. The van der Waals surface area contributed by atoms with Crippen LogP contribution in [0.2, 0.25) is 12.6 Å². The molecule has 0 aliphatic heterocycles. The molecule has 86 valence electrons. The van der Waals surface area contributed by atoms with E-state index < -0.39 is 8.56 Å². The van der Waals surface area contributed by atoms with Gasteiger partial charge < -0.3 is 14.3 Å². The first-order chi connectivity index (χ1) is 6.56. The molecule has 0 aromatic rings. The number of unbranched alkanes of at least 4 members (excludes halogenated alkanes) is 3. The van der Waals surface area contributed by atoms with Gasteiger partial charge in [0, 0.05) is 13.2 Å². The van der Waals surface area contributed by atoms with Crippen LogP contribution in [0.4, 0.5) is 0 Å². The van der Waals surface area contributed by atoms with E-state index in [4.69, 9.17) is 14.3 Å². The second-order valence-corrected chi connectivity index (χ2v) is 6.93. The smallest absolute Gasteiger partial charge is 0.329 e. The van der Waals surface area contributed by atoms with E-state index in [0.29, 0.717) is 6.04 Å². The van der Waals surface area contributed by atoms with Gasteiger partial charge in [0.2, 0.25) is 0 Å². The van der Waals surface area contributed by atoms with Gasteiger partial charge in [0.05, 0.1) is 0 Å². The van der Waals surface area contributed by atoms with Crippen LogP contribution in [0.15, 0.2) is 0 Å². The second-order valence-electron chi connectivity index (χ2n) is 3.99. The average molecular weight is 220 g/mol. The second kappa shape index (κ2) is 8.41. The number of hydrogen-bond donors (Lipinski definition) is 2. The number of rotatable bonds is 9. The van der Waals surface area contributed by atoms with Gasteiger partial charge in [-0.25, -0.2) is 0 Å². The molecule has 0 radical (unpaired) electrons. The van der Waals surface area contributed by atoms with Crippen molar-refractivity contribution in [3.8, 4) is 0 Å². The summed E-state index contributed by atoms with van der Waals surface area (Å²) in [4.78, 5) is 18.3. The summed E-state index contributed by atoms with van der Waals surface area (Å²) in [6.07, 6.45) is 5.32. The fourth-order valence-electron chi connectivity index (χ4n) is 1.26. The Balaban J connectivity index is 2.99. The largest absolute Gasteiger partial charge is 0.411 e. The van der Waals surface area contributed by atoms with Crippen LogP contribution in [0.25, 0.3) is 0 Å². The maximum atomic E-state index is 9.16. The van der Waals surface area contributed by atoms with Gasteiger partial charge in [-0.1, -0.05) is 26.2 Å². The lowest BCUT2D eigenvalue weighted by Crippen LogP contribution is -2.29. The van der Waals surface area contributed by atoms with Crippen molar-refractivity contribution in [1.82, 2.24) is 0 Å². The molecule has 0 amide bonds. The van der Waals surface area contributed by atoms with Gasteiger partial charge in [0.15, 0.2) is 0 Å². The van der Waals surface area contributed by atoms with Crippen LogP contribution in [-0.4, -0.2) is 31.4 Å². The third kappa shape index (κ3) is 12.1. The zero-order chi connectivity index (χ0) is 10.9. The van der Waals surface area contributed by atoms with Crippen LogP contribution >= 0.6 is 0 Å². The Labute approximate surface area is 88.4 Å². The summed E-state index contributed by atoms with van der Waals surface area (Å²) in [7, 11) is -2.77. The average Bonchev–Trinajstić information content (AvgIpc) is 2.08.